The molecule has 1 spiro atoms. The van der Waals surface area contributed by atoms with Gasteiger partial charge in [-0.2, -0.15) is 0 Å². The van der Waals surface area contributed by atoms with Gasteiger partial charge in [-0.05, 0) is 38.3 Å². The molecule has 1 aromatic carbocycles. The number of fused-ring (bicyclic) bond motifs is 2. The van der Waals surface area contributed by atoms with E-state index in [1.807, 2.05) is 25.4 Å². The minimum atomic E-state index is -3.24. The van der Waals surface area contributed by atoms with Gasteiger partial charge < -0.3 is 14.6 Å². The highest BCUT2D eigenvalue weighted by molar-refractivity contribution is 7.91. The van der Waals surface area contributed by atoms with E-state index in [-0.39, 0.29) is 11.3 Å². The summed E-state index contributed by atoms with van der Waals surface area (Å²) in [6, 6.07) is 7.09. The van der Waals surface area contributed by atoms with Crippen LogP contribution in [0.15, 0.2) is 35.5 Å². The van der Waals surface area contributed by atoms with Gasteiger partial charge in [-0.3, -0.25) is 0 Å². The molecule has 0 radical (unpaired) electrons. The van der Waals surface area contributed by atoms with E-state index in [9.17, 15) is 8.42 Å². The molecule has 0 saturated carbocycles. The number of rotatable bonds is 5. The Hall–Kier alpha value is -1.70. The number of ether oxygens (including phenoxy) is 1. The first kappa shape index (κ1) is 18.7. The molecule has 1 aromatic heterocycles. The smallest absolute Gasteiger partial charge is 0.178 e. The Bertz CT molecular complexity index is 897. The Kier molecular flexibility index (Phi) is 5.09. The van der Waals surface area contributed by atoms with Gasteiger partial charge in [0.05, 0.1) is 28.2 Å². The van der Waals surface area contributed by atoms with Gasteiger partial charge in [0.2, 0.25) is 0 Å². The first-order valence-electron chi connectivity index (χ1n) is 9.67. The van der Waals surface area contributed by atoms with Gasteiger partial charge in [-0.1, -0.05) is 17.7 Å². The van der Waals surface area contributed by atoms with E-state index in [4.69, 9.17) is 9.72 Å². The van der Waals surface area contributed by atoms with Crippen LogP contribution in [0.2, 0.25) is 0 Å². The molecule has 4 rings (SSSR count). The molecule has 1 saturated heterocycles. The normalized spacial score (nSPS) is 19.1. The van der Waals surface area contributed by atoms with Crippen LogP contribution in [0, 0.1) is 6.92 Å². The molecule has 1 fully saturated rings. The number of hydrogen-bond donors (Lipinski definition) is 1. The number of aromatic nitrogens is 2. The molecule has 2 aliphatic rings. The number of imidazole rings is 1. The van der Waals surface area contributed by atoms with Crippen molar-refractivity contribution in [2.45, 2.75) is 49.6 Å². The number of nitrogens with one attached hydrogen (secondary N) is 1. The molecule has 0 atom stereocenters. The fourth-order valence-electron chi connectivity index (χ4n) is 4.19. The van der Waals surface area contributed by atoms with Crippen LogP contribution in [-0.2, 0) is 33.1 Å². The van der Waals surface area contributed by atoms with Gasteiger partial charge >= 0.3 is 0 Å². The second-order valence-corrected chi connectivity index (χ2v) is 9.70. The maximum absolute atomic E-state index is 12.6. The van der Waals surface area contributed by atoms with Crippen LogP contribution in [0.5, 0.6) is 0 Å². The predicted molar refractivity (Wildman–Crippen MR) is 104 cm³/mol. The molecule has 2 aliphatic heterocycles. The summed E-state index contributed by atoms with van der Waals surface area (Å²) in [5, 5.41) is 3.66. The molecule has 6 nitrogen and oxygen atoms in total. The third kappa shape index (κ3) is 3.68. The average Bonchev–Trinajstić information content (AvgIpc) is 3.08. The molecule has 27 heavy (non-hydrogen) atoms. The zero-order valence-corrected chi connectivity index (χ0v) is 16.6. The third-order valence-electron chi connectivity index (χ3n) is 5.76. The summed E-state index contributed by atoms with van der Waals surface area (Å²) in [5.41, 5.74) is 3.39. The van der Waals surface area contributed by atoms with E-state index < -0.39 is 9.84 Å². The SMILES string of the molecule is Cc1ccc(S(=O)(=O)CCCn2cnc3c2CCNC32CCOCC2)cc1. The second-order valence-electron chi connectivity index (χ2n) is 7.59. The molecule has 146 valence electrons. The maximum Gasteiger partial charge on any atom is 0.178 e. The van der Waals surface area contributed by atoms with Crippen molar-refractivity contribution in [3.05, 3.63) is 47.5 Å². The highest BCUT2D eigenvalue weighted by atomic mass is 32.2. The molecular formula is C20H27N3O3S. The Morgan fingerprint density at radius 1 is 1.22 bits per heavy atom. The molecule has 1 N–H and O–H groups in total. The van der Waals surface area contributed by atoms with Crippen molar-refractivity contribution in [3.63, 3.8) is 0 Å². The largest absolute Gasteiger partial charge is 0.381 e. The number of benzene rings is 1. The van der Waals surface area contributed by atoms with Crippen LogP contribution in [-0.4, -0.2) is 43.5 Å². The van der Waals surface area contributed by atoms with Crippen molar-refractivity contribution in [2.24, 2.45) is 0 Å². The molecule has 0 amide bonds. The lowest BCUT2D eigenvalue weighted by Gasteiger charge is -2.40. The number of nitrogens with zero attached hydrogens (tertiary/aromatic N) is 2. The van der Waals surface area contributed by atoms with Crippen LogP contribution in [0.3, 0.4) is 0 Å². The maximum atomic E-state index is 12.6. The van der Waals surface area contributed by atoms with Crippen molar-refractivity contribution < 1.29 is 13.2 Å². The number of aryl methyl sites for hydroxylation is 2. The van der Waals surface area contributed by atoms with Crippen LogP contribution in [0.4, 0.5) is 0 Å². The minimum Gasteiger partial charge on any atom is -0.381 e. The van der Waals surface area contributed by atoms with E-state index in [0.29, 0.717) is 17.9 Å². The van der Waals surface area contributed by atoms with Crippen molar-refractivity contribution in [2.75, 3.05) is 25.5 Å². The number of hydrogen-bond acceptors (Lipinski definition) is 5. The lowest BCUT2D eigenvalue weighted by Crippen LogP contribution is -2.51. The molecule has 0 aliphatic carbocycles. The van der Waals surface area contributed by atoms with Gasteiger partial charge in [0, 0.05) is 38.4 Å². The van der Waals surface area contributed by atoms with Gasteiger partial charge in [0.25, 0.3) is 0 Å². The van der Waals surface area contributed by atoms with E-state index in [0.717, 1.165) is 50.3 Å². The lowest BCUT2D eigenvalue weighted by molar-refractivity contribution is 0.0322. The Labute approximate surface area is 160 Å². The minimum absolute atomic E-state index is 0.0644. The van der Waals surface area contributed by atoms with Gasteiger partial charge in [-0.15, -0.1) is 0 Å². The van der Waals surface area contributed by atoms with Gasteiger partial charge in [0.1, 0.15) is 0 Å². The third-order valence-corrected chi connectivity index (χ3v) is 7.58. The topological polar surface area (TPSA) is 73.2 Å². The second kappa shape index (κ2) is 7.37. The Morgan fingerprint density at radius 2 is 1.96 bits per heavy atom. The predicted octanol–water partition coefficient (Wildman–Crippen LogP) is 2.21. The Balaban J connectivity index is 1.45. The van der Waals surface area contributed by atoms with Gasteiger partial charge in [0.15, 0.2) is 9.84 Å². The number of sulfone groups is 1. The average molecular weight is 390 g/mol. The summed E-state index contributed by atoms with van der Waals surface area (Å²) in [7, 11) is -3.24. The molecule has 3 heterocycles. The summed E-state index contributed by atoms with van der Waals surface area (Å²) in [6.07, 6.45) is 5.29. The Morgan fingerprint density at radius 3 is 2.70 bits per heavy atom. The van der Waals surface area contributed by atoms with Crippen molar-refractivity contribution in [3.8, 4) is 0 Å². The summed E-state index contributed by atoms with van der Waals surface area (Å²) in [5.74, 6) is 0.153. The molecule has 0 unspecified atom stereocenters. The van der Waals surface area contributed by atoms with Gasteiger partial charge in [-0.25, -0.2) is 13.4 Å². The van der Waals surface area contributed by atoms with E-state index in [1.165, 1.54) is 5.69 Å². The highest BCUT2D eigenvalue weighted by Crippen LogP contribution is 2.36. The van der Waals surface area contributed by atoms with Crippen molar-refractivity contribution >= 4 is 9.84 Å². The van der Waals surface area contributed by atoms with Crippen LogP contribution in [0.1, 0.15) is 36.2 Å². The van der Waals surface area contributed by atoms with E-state index in [2.05, 4.69) is 9.88 Å². The fraction of sp³-hybridized carbons (Fsp3) is 0.550. The molecule has 2 aromatic rings. The van der Waals surface area contributed by atoms with Crippen LogP contribution < -0.4 is 5.32 Å². The quantitative estimate of drug-likeness (QED) is 0.849. The first-order chi connectivity index (χ1) is 13.0. The zero-order chi connectivity index (χ0) is 18.9. The zero-order valence-electron chi connectivity index (χ0n) is 15.8. The molecule has 0 bridgehead atoms. The monoisotopic (exact) mass is 389 g/mol. The summed E-state index contributed by atoms with van der Waals surface area (Å²) < 4.78 is 32.8. The van der Waals surface area contributed by atoms with Crippen molar-refractivity contribution in [1.82, 2.24) is 14.9 Å². The van der Waals surface area contributed by atoms with E-state index in [1.54, 1.807) is 12.1 Å². The molecular weight excluding hydrogens is 362 g/mol. The standard InChI is InChI=1S/C20H27N3O3S/c1-16-3-5-17(6-4-16)27(24,25)14-2-11-23-15-21-19-18(23)7-10-22-20(19)8-12-26-13-9-20/h3-6,15,22H,2,7-14H2,1H3. The van der Waals surface area contributed by atoms with Crippen LogP contribution in [0.25, 0.3) is 0 Å². The summed E-state index contributed by atoms with van der Waals surface area (Å²) in [4.78, 5) is 5.12. The van der Waals surface area contributed by atoms with Crippen LogP contribution >= 0.6 is 0 Å². The van der Waals surface area contributed by atoms with Crippen molar-refractivity contribution in [1.29, 1.82) is 0 Å². The van der Waals surface area contributed by atoms with E-state index >= 15 is 0 Å². The fourth-order valence-corrected chi connectivity index (χ4v) is 5.48. The first-order valence-corrected chi connectivity index (χ1v) is 11.3. The summed E-state index contributed by atoms with van der Waals surface area (Å²) in [6.45, 7) is 5.08. The molecule has 7 heteroatoms. The lowest BCUT2D eigenvalue weighted by atomic mass is 9.82. The highest BCUT2D eigenvalue weighted by Gasteiger charge is 2.40. The summed E-state index contributed by atoms with van der Waals surface area (Å²) >= 11 is 0.